The summed E-state index contributed by atoms with van der Waals surface area (Å²) in [6.45, 7) is 5.38. The van der Waals surface area contributed by atoms with Crippen LogP contribution in [0.1, 0.15) is 11.1 Å². The van der Waals surface area contributed by atoms with Crippen LogP contribution in [-0.4, -0.2) is 39.4 Å². The molecule has 0 saturated carbocycles. The summed E-state index contributed by atoms with van der Waals surface area (Å²) in [7, 11) is 0. The molecule has 0 unspecified atom stereocenters. The Balaban J connectivity index is 1.34. The third-order valence-corrected chi connectivity index (χ3v) is 3.71. The Morgan fingerprint density at radius 1 is 0.565 bits per heavy atom. The van der Waals surface area contributed by atoms with Crippen LogP contribution in [0.4, 0.5) is 0 Å². The topological polar surface area (TPSA) is 33.3 Å². The highest BCUT2D eigenvalue weighted by Crippen LogP contribution is 1.98. The van der Waals surface area contributed by atoms with Crippen LogP contribution in [0.2, 0.25) is 0 Å². The van der Waals surface area contributed by atoms with Crippen molar-refractivity contribution in [3.05, 3.63) is 71.8 Å². The first-order valence-corrected chi connectivity index (χ1v) is 8.52. The lowest BCUT2D eigenvalue weighted by atomic mass is 10.1. The third-order valence-electron chi connectivity index (χ3n) is 3.71. The van der Waals surface area contributed by atoms with E-state index in [9.17, 15) is 0 Å². The minimum absolute atomic E-state index is 0.773. The second kappa shape index (κ2) is 11.8. The molecule has 0 aliphatic heterocycles. The van der Waals surface area contributed by atoms with E-state index in [4.69, 9.17) is 4.74 Å². The predicted molar refractivity (Wildman–Crippen MR) is 96.9 cm³/mol. The zero-order valence-corrected chi connectivity index (χ0v) is 13.8. The van der Waals surface area contributed by atoms with E-state index in [-0.39, 0.29) is 0 Å². The first kappa shape index (κ1) is 17.7. The van der Waals surface area contributed by atoms with E-state index in [0.717, 1.165) is 52.2 Å². The fraction of sp³-hybridized carbons (Fsp3) is 0.400. The minimum atomic E-state index is 0.773. The molecule has 0 bridgehead atoms. The maximum atomic E-state index is 5.61. The highest BCUT2D eigenvalue weighted by Gasteiger charge is 1.93. The van der Waals surface area contributed by atoms with Crippen LogP contribution in [0, 0.1) is 0 Å². The number of rotatable bonds is 12. The summed E-state index contributed by atoms with van der Waals surface area (Å²) < 4.78 is 5.61. The number of benzene rings is 2. The van der Waals surface area contributed by atoms with Gasteiger partial charge in [0.25, 0.3) is 0 Å². The van der Waals surface area contributed by atoms with E-state index in [1.165, 1.54) is 11.1 Å². The van der Waals surface area contributed by atoms with Crippen molar-refractivity contribution >= 4 is 0 Å². The predicted octanol–water partition coefficient (Wildman–Crippen LogP) is 2.67. The molecule has 2 rings (SSSR count). The van der Waals surface area contributed by atoms with Crippen LogP contribution in [0.25, 0.3) is 0 Å². The molecule has 0 aliphatic carbocycles. The third kappa shape index (κ3) is 8.50. The molecule has 2 aromatic carbocycles. The summed E-state index contributed by atoms with van der Waals surface area (Å²) in [4.78, 5) is 0. The fourth-order valence-electron chi connectivity index (χ4n) is 2.40. The zero-order chi connectivity index (χ0) is 16.0. The molecule has 3 heteroatoms. The van der Waals surface area contributed by atoms with E-state index < -0.39 is 0 Å². The Morgan fingerprint density at radius 3 is 1.43 bits per heavy atom. The number of hydrogen-bond donors (Lipinski definition) is 2. The van der Waals surface area contributed by atoms with Gasteiger partial charge in [-0.2, -0.15) is 0 Å². The van der Waals surface area contributed by atoms with Crippen LogP contribution >= 0.6 is 0 Å². The summed E-state index contributed by atoms with van der Waals surface area (Å²) in [5, 5.41) is 6.82. The van der Waals surface area contributed by atoms with Gasteiger partial charge >= 0.3 is 0 Å². The zero-order valence-electron chi connectivity index (χ0n) is 13.8. The summed E-state index contributed by atoms with van der Waals surface area (Å²) >= 11 is 0. The lowest BCUT2D eigenvalue weighted by Crippen LogP contribution is -2.26. The van der Waals surface area contributed by atoms with Gasteiger partial charge in [0.05, 0.1) is 13.2 Å². The van der Waals surface area contributed by atoms with Crippen LogP contribution in [-0.2, 0) is 17.6 Å². The van der Waals surface area contributed by atoms with Gasteiger partial charge in [0, 0.05) is 13.1 Å². The van der Waals surface area contributed by atoms with Gasteiger partial charge in [0.15, 0.2) is 0 Å². The van der Waals surface area contributed by atoms with Gasteiger partial charge < -0.3 is 15.4 Å². The average molecular weight is 312 g/mol. The lowest BCUT2D eigenvalue weighted by molar-refractivity contribution is 0.138. The first-order valence-electron chi connectivity index (χ1n) is 8.52. The SMILES string of the molecule is c1ccc(CCNCCOCCNCCc2ccccc2)cc1. The van der Waals surface area contributed by atoms with Crippen molar-refractivity contribution in [3.63, 3.8) is 0 Å². The Hall–Kier alpha value is -1.68. The van der Waals surface area contributed by atoms with Crippen molar-refractivity contribution in [2.45, 2.75) is 12.8 Å². The van der Waals surface area contributed by atoms with E-state index in [1.54, 1.807) is 0 Å². The summed E-state index contributed by atoms with van der Waals surface area (Å²) in [5.74, 6) is 0. The van der Waals surface area contributed by atoms with Crippen LogP contribution in [0.5, 0.6) is 0 Å². The van der Waals surface area contributed by atoms with Gasteiger partial charge in [-0.05, 0) is 37.1 Å². The van der Waals surface area contributed by atoms with Gasteiger partial charge in [-0.1, -0.05) is 60.7 Å². The molecular weight excluding hydrogens is 284 g/mol. The lowest BCUT2D eigenvalue weighted by Gasteiger charge is -2.07. The van der Waals surface area contributed by atoms with Crippen molar-refractivity contribution in [1.29, 1.82) is 0 Å². The molecule has 0 fully saturated rings. The standard InChI is InChI=1S/C20H28N2O/c1-3-7-19(8-4-1)11-13-21-15-17-23-18-16-22-14-12-20-9-5-2-6-10-20/h1-10,21-22H,11-18H2. The average Bonchev–Trinajstić information content (AvgIpc) is 2.61. The molecule has 124 valence electrons. The van der Waals surface area contributed by atoms with Crippen LogP contribution in [0.3, 0.4) is 0 Å². The molecular formula is C20H28N2O. The molecule has 0 aliphatic rings. The van der Waals surface area contributed by atoms with Crippen LogP contribution in [0.15, 0.2) is 60.7 Å². The number of hydrogen-bond acceptors (Lipinski definition) is 3. The second-order valence-corrected chi connectivity index (χ2v) is 5.58. The molecule has 0 aromatic heterocycles. The summed E-state index contributed by atoms with van der Waals surface area (Å²) in [6, 6.07) is 21.1. The Bertz CT molecular complexity index is 454. The van der Waals surface area contributed by atoms with Gasteiger partial charge in [0.2, 0.25) is 0 Å². The molecule has 3 nitrogen and oxygen atoms in total. The van der Waals surface area contributed by atoms with E-state index >= 15 is 0 Å². The molecule has 0 amide bonds. The molecule has 0 atom stereocenters. The summed E-state index contributed by atoms with van der Waals surface area (Å²) in [6.07, 6.45) is 2.14. The first-order chi connectivity index (χ1) is 11.4. The quantitative estimate of drug-likeness (QED) is 0.591. The normalized spacial score (nSPS) is 10.8. The van der Waals surface area contributed by atoms with Crippen molar-refractivity contribution in [1.82, 2.24) is 10.6 Å². The Morgan fingerprint density at radius 2 is 1.00 bits per heavy atom. The molecule has 0 heterocycles. The molecule has 0 saturated heterocycles. The van der Waals surface area contributed by atoms with Crippen molar-refractivity contribution in [3.8, 4) is 0 Å². The number of nitrogens with one attached hydrogen (secondary N) is 2. The maximum absolute atomic E-state index is 5.61. The van der Waals surface area contributed by atoms with Gasteiger partial charge in [-0.15, -0.1) is 0 Å². The minimum Gasteiger partial charge on any atom is -0.379 e. The van der Waals surface area contributed by atoms with Crippen LogP contribution < -0.4 is 10.6 Å². The fourth-order valence-corrected chi connectivity index (χ4v) is 2.40. The van der Waals surface area contributed by atoms with Crippen molar-refractivity contribution in [2.24, 2.45) is 0 Å². The molecule has 2 aromatic rings. The van der Waals surface area contributed by atoms with Crippen molar-refractivity contribution in [2.75, 3.05) is 39.4 Å². The monoisotopic (exact) mass is 312 g/mol. The molecule has 0 radical (unpaired) electrons. The molecule has 0 spiro atoms. The van der Waals surface area contributed by atoms with E-state index in [0.29, 0.717) is 0 Å². The maximum Gasteiger partial charge on any atom is 0.0591 e. The second-order valence-electron chi connectivity index (χ2n) is 5.58. The smallest absolute Gasteiger partial charge is 0.0591 e. The Kier molecular flexibility index (Phi) is 9.09. The van der Waals surface area contributed by atoms with E-state index in [2.05, 4.69) is 71.3 Å². The highest BCUT2D eigenvalue weighted by molar-refractivity contribution is 5.15. The van der Waals surface area contributed by atoms with Gasteiger partial charge in [-0.3, -0.25) is 0 Å². The van der Waals surface area contributed by atoms with Gasteiger partial charge in [0.1, 0.15) is 0 Å². The molecule has 23 heavy (non-hydrogen) atoms. The number of ether oxygens (including phenoxy) is 1. The largest absolute Gasteiger partial charge is 0.379 e. The van der Waals surface area contributed by atoms with Crippen molar-refractivity contribution < 1.29 is 4.74 Å². The summed E-state index contributed by atoms with van der Waals surface area (Å²) in [5.41, 5.74) is 2.76. The molecule has 2 N–H and O–H groups in total. The van der Waals surface area contributed by atoms with Gasteiger partial charge in [-0.25, -0.2) is 0 Å². The van der Waals surface area contributed by atoms with E-state index in [1.807, 2.05) is 0 Å². The Labute approximate surface area is 140 Å². The highest BCUT2D eigenvalue weighted by atomic mass is 16.5.